The van der Waals surface area contributed by atoms with Crippen LogP contribution in [-0.2, 0) is 0 Å². The Balaban J connectivity index is 2.06. The van der Waals surface area contributed by atoms with Crippen LogP contribution in [0.4, 0.5) is 16.2 Å². The van der Waals surface area contributed by atoms with E-state index in [4.69, 9.17) is 9.47 Å². The SMILES string of the molecule is COc1cc(NC(=O)Nc2ccc(Br)cc2)cc(OC)c1. The molecule has 5 nitrogen and oxygen atoms in total. The highest BCUT2D eigenvalue weighted by Gasteiger charge is 2.06. The molecule has 0 bridgehead atoms. The Labute approximate surface area is 131 Å². The van der Waals surface area contributed by atoms with Gasteiger partial charge < -0.3 is 20.1 Å². The fraction of sp³-hybridized carbons (Fsp3) is 0.133. The molecule has 0 fully saturated rings. The number of hydrogen-bond acceptors (Lipinski definition) is 3. The van der Waals surface area contributed by atoms with Crippen LogP contribution in [0.3, 0.4) is 0 Å². The zero-order valence-electron chi connectivity index (χ0n) is 11.6. The van der Waals surface area contributed by atoms with Crippen molar-refractivity contribution in [2.24, 2.45) is 0 Å². The van der Waals surface area contributed by atoms with Crippen molar-refractivity contribution in [3.8, 4) is 11.5 Å². The predicted octanol–water partition coefficient (Wildman–Crippen LogP) is 4.11. The maximum Gasteiger partial charge on any atom is 0.323 e. The van der Waals surface area contributed by atoms with Crippen molar-refractivity contribution < 1.29 is 14.3 Å². The summed E-state index contributed by atoms with van der Waals surface area (Å²) >= 11 is 3.34. The fourth-order valence-electron chi connectivity index (χ4n) is 1.71. The summed E-state index contributed by atoms with van der Waals surface area (Å²) in [6.45, 7) is 0. The summed E-state index contributed by atoms with van der Waals surface area (Å²) in [7, 11) is 3.11. The van der Waals surface area contributed by atoms with E-state index < -0.39 is 0 Å². The van der Waals surface area contributed by atoms with Crippen LogP contribution in [0.1, 0.15) is 0 Å². The number of anilines is 2. The van der Waals surface area contributed by atoms with Gasteiger partial charge in [0.1, 0.15) is 11.5 Å². The van der Waals surface area contributed by atoms with Gasteiger partial charge in [-0.3, -0.25) is 0 Å². The molecule has 2 aromatic carbocycles. The number of carbonyl (C=O) groups is 1. The van der Waals surface area contributed by atoms with Crippen molar-refractivity contribution in [1.82, 2.24) is 0 Å². The Hall–Kier alpha value is -2.21. The lowest BCUT2D eigenvalue weighted by Crippen LogP contribution is -2.19. The number of nitrogens with one attached hydrogen (secondary N) is 2. The molecule has 0 unspecified atom stereocenters. The van der Waals surface area contributed by atoms with Crippen molar-refractivity contribution >= 4 is 33.3 Å². The molecule has 0 radical (unpaired) electrons. The fourth-order valence-corrected chi connectivity index (χ4v) is 1.97. The quantitative estimate of drug-likeness (QED) is 0.872. The van der Waals surface area contributed by atoms with E-state index in [0.717, 1.165) is 4.47 Å². The summed E-state index contributed by atoms with van der Waals surface area (Å²) < 4.78 is 11.3. The molecular weight excluding hydrogens is 336 g/mol. The number of halogens is 1. The van der Waals surface area contributed by atoms with E-state index in [9.17, 15) is 4.79 Å². The molecule has 2 N–H and O–H groups in total. The van der Waals surface area contributed by atoms with Crippen LogP contribution >= 0.6 is 15.9 Å². The lowest BCUT2D eigenvalue weighted by Gasteiger charge is -2.11. The van der Waals surface area contributed by atoms with Crippen LogP contribution in [0.5, 0.6) is 11.5 Å². The third-order valence-electron chi connectivity index (χ3n) is 2.71. The zero-order chi connectivity index (χ0) is 15.2. The molecule has 6 heteroatoms. The lowest BCUT2D eigenvalue weighted by molar-refractivity contribution is 0.262. The van der Waals surface area contributed by atoms with E-state index >= 15 is 0 Å². The number of urea groups is 1. The first-order chi connectivity index (χ1) is 10.1. The number of hydrogen-bond donors (Lipinski definition) is 2. The molecule has 110 valence electrons. The number of carbonyl (C=O) groups excluding carboxylic acids is 1. The van der Waals surface area contributed by atoms with Crippen LogP contribution in [0.25, 0.3) is 0 Å². The second kappa shape index (κ2) is 6.99. The molecule has 2 rings (SSSR count). The molecule has 21 heavy (non-hydrogen) atoms. The van der Waals surface area contributed by atoms with Crippen molar-refractivity contribution in [3.05, 3.63) is 46.9 Å². The van der Waals surface area contributed by atoms with Crippen LogP contribution in [0, 0.1) is 0 Å². The highest BCUT2D eigenvalue weighted by Crippen LogP contribution is 2.25. The second-order valence-corrected chi connectivity index (χ2v) is 5.10. The van der Waals surface area contributed by atoms with E-state index in [1.807, 2.05) is 12.1 Å². The van der Waals surface area contributed by atoms with Crippen molar-refractivity contribution in [2.45, 2.75) is 0 Å². The van der Waals surface area contributed by atoms with E-state index in [0.29, 0.717) is 22.9 Å². The van der Waals surface area contributed by atoms with Gasteiger partial charge in [-0.2, -0.15) is 0 Å². The molecule has 0 aliphatic rings. The molecule has 2 aromatic rings. The second-order valence-electron chi connectivity index (χ2n) is 4.19. The number of methoxy groups -OCH3 is 2. The van der Waals surface area contributed by atoms with Crippen LogP contribution < -0.4 is 20.1 Å². The zero-order valence-corrected chi connectivity index (χ0v) is 13.2. The van der Waals surface area contributed by atoms with Gasteiger partial charge in [0.15, 0.2) is 0 Å². The topological polar surface area (TPSA) is 59.6 Å². The van der Waals surface area contributed by atoms with Crippen LogP contribution in [-0.4, -0.2) is 20.3 Å². The lowest BCUT2D eigenvalue weighted by atomic mass is 10.3. The minimum absolute atomic E-state index is 0.340. The first-order valence-electron chi connectivity index (χ1n) is 6.17. The maximum absolute atomic E-state index is 12.0. The highest BCUT2D eigenvalue weighted by atomic mass is 79.9. The molecule has 0 saturated heterocycles. The standard InChI is InChI=1S/C15H15BrN2O3/c1-20-13-7-12(8-14(9-13)21-2)18-15(19)17-11-5-3-10(16)4-6-11/h3-9H,1-2H3,(H2,17,18,19). The van der Waals surface area contributed by atoms with E-state index in [-0.39, 0.29) is 6.03 Å². The minimum atomic E-state index is -0.340. The Morgan fingerprint density at radius 1 is 0.905 bits per heavy atom. The third kappa shape index (κ3) is 4.39. The Bertz CT molecular complexity index is 607. The molecule has 0 aromatic heterocycles. The van der Waals surface area contributed by atoms with Crippen LogP contribution in [0.15, 0.2) is 46.9 Å². The summed E-state index contributed by atoms with van der Waals surface area (Å²) in [4.78, 5) is 12.0. The van der Waals surface area contributed by atoms with Crippen molar-refractivity contribution in [1.29, 1.82) is 0 Å². The number of rotatable bonds is 4. The number of amides is 2. The molecule has 0 aliphatic carbocycles. The van der Waals surface area contributed by atoms with Crippen molar-refractivity contribution in [2.75, 3.05) is 24.9 Å². The van der Waals surface area contributed by atoms with Gasteiger partial charge in [-0.25, -0.2) is 4.79 Å². The first kappa shape index (κ1) is 15.2. The molecule has 0 saturated carbocycles. The summed E-state index contributed by atoms with van der Waals surface area (Å²) in [5.41, 5.74) is 1.28. The highest BCUT2D eigenvalue weighted by molar-refractivity contribution is 9.10. The minimum Gasteiger partial charge on any atom is -0.497 e. The summed E-state index contributed by atoms with van der Waals surface area (Å²) in [5.74, 6) is 1.21. The Morgan fingerprint density at radius 3 is 1.95 bits per heavy atom. The Morgan fingerprint density at radius 2 is 1.43 bits per heavy atom. The number of ether oxygens (including phenoxy) is 2. The van der Waals surface area contributed by atoms with Crippen LogP contribution in [0.2, 0.25) is 0 Å². The van der Waals surface area contributed by atoms with Gasteiger partial charge in [0.25, 0.3) is 0 Å². The average Bonchev–Trinajstić information content (AvgIpc) is 2.49. The molecule has 0 atom stereocenters. The largest absolute Gasteiger partial charge is 0.497 e. The molecular formula is C15H15BrN2O3. The average molecular weight is 351 g/mol. The first-order valence-corrected chi connectivity index (χ1v) is 6.96. The van der Waals surface area contributed by atoms with E-state index in [2.05, 4.69) is 26.6 Å². The van der Waals surface area contributed by atoms with Gasteiger partial charge in [0, 0.05) is 34.0 Å². The molecule has 2 amide bonds. The van der Waals surface area contributed by atoms with E-state index in [1.54, 1.807) is 44.6 Å². The van der Waals surface area contributed by atoms with Gasteiger partial charge in [0.05, 0.1) is 14.2 Å². The maximum atomic E-state index is 12.0. The van der Waals surface area contributed by atoms with Gasteiger partial charge in [-0.15, -0.1) is 0 Å². The molecule has 0 heterocycles. The summed E-state index contributed by atoms with van der Waals surface area (Å²) in [5, 5.41) is 5.47. The third-order valence-corrected chi connectivity index (χ3v) is 3.24. The van der Waals surface area contributed by atoms with E-state index in [1.165, 1.54) is 0 Å². The van der Waals surface area contributed by atoms with Gasteiger partial charge >= 0.3 is 6.03 Å². The number of benzene rings is 2. The Kier molecular flexibility index (Phi) is 5.05. The van der Waals surface area contributed by atoms with Gasteiger partial charge in [-0.05, 0) is 24.3 Å². The van der Waals surface area contributed by atoms with Gasteiger partial charge in [0.2, 0.25) is 0 Å². The molecule has 0 spiro atoms. The monoisotopic (exact) mass is 350 g/mol. The van der Waals surface area contributed by atoms with Crippen molar-refractivity contribution in [3.63, 3.8) is 0 Å². The smallest absolute Gasteiger partial charge is 0.323 e. The summed E-state index contributed by atoms with van der Waals surface area (Å²) in [6, 6.07) is 12.1. The van der Waals surface area contributed by atoms with Gasteiger partial charge in [-0.1, -0.05) is 15.9 Å². The predicted molar refractivity (Wildman–Crippen MR) is 86.3 cm³/mol. The molecule has 0 aliphatic heterocycles. The normalized spacial score (nSPS) is 9.86. The summed E-state index contributed by atoms with van der Waals surface area (Å²) in [6.07, 6.45) is 0.